The maximum atomic E-state index is 12.5. The molecule has 110 valence electrons. The highest BCUT2D eigenvalue weighted by Crippen LogP contribution is 2.33. The lowest BCUT2D eigenvalue weighted by molar-refractivity contribution is -0.131. The smallest absolute Gasteiger partial charge is 0.227 e. The zero-order chi connectivity index (χ0) is 15.0. The number of aromatic nitrogens is 1. The molecule has 0 saturated carbocycles. The monoisotopic (exact) mass is 410 g/mol. The Labute approximate surface area is 141 Å². The molecule has 1 aliphatic rings. The molecule has 2 aromatic rings. The number of aromatic amines is 1. The van der Waals surface area contributed by atoms with Crippen LogP contribution < -0.4 is 0 Å². The molecule has 0 fully saturated rings. The van der Waals surface area contributed by atoms with Crippen molar-refractivity contribution >= 4 is 37.8 Å². The zero-order valence-electron chi connectivity index (χ0n) is 11.7. The summed E-state index contributed by atoms with van der Waals surface area (Å²) in [6, 6.07) is 8.17. The fraction of sp³-hybridized carbons (Fsp3) is 0.312. The maximum Gasteiger partial charge on any atom is 0.227 e. The van der Waals surface area contributed by atoms with Gasteiger partial charge in [0.2, 0.25) is 5.91 Å². The number of H-pyrrole nitrogens is 1. The maximum absolute atomic E-state index is 12.5. The van der Waals surface area contributed by atoms with Crippen molar-refractivity contribution in [2.45, 2.75) is 26.3 Å². The third-order valence-electron chi connectivity index (χ3n) is 3.89. The Morgan fingerprint density at radius 2 is 2.00 bits per heavy atom. The molecule has 2 heterocycles. The normalized spacial score (nSPS) is 14.1. The Morgan fingerprint density at radius 3 is 2.71 bits per heavy atom. The number of nitrogens with one attached hydrogen (secondary N) is 1. The van der Waals surface area contributed by atoms with Crippen LogP contribution in [-0.2, 0) is 24.2 Å². The standard InChI is InChI=1S/C16H16Br2N2O/c1-10-2-4-11(5-3-10)8-14(21)20-7-6-13-12(9-20)15(17)16(18)19-13/h2-5,19H,6-9H2,1H3. The number of aryl methyl sites for hydroxylation is 1. The van der Waals surface area contributed by atoms with Crippen molar-refractivity contribution in [1.82, 2.24) is 9.88 Å². The number of hydrogen-bond donors (Lipinski definition) is 1. The summed E-state index contributed by atoms with van der Waals surface area (Å²) in [6.45, 7) is 3.50. The molecule has 21 heavy (non-hydrogen) atoms. The first-order valence-corrected chi connectivity index (χ1v) is 8.51. The van der Waals surface area contributed by atoms with Crippen molar-refractivity contribution in [2.75, 3.05) is 6.54 Å². The fourth-order valence-electron chi connectivity index (χ4n) is 2.63. The number of hydrogen-bond acceptors (Lipinski definition) is 1. The van der Waals surface area contributed by atoms with Gasteiger partial charge in [0.15, 0.2) is 0 Å². The summed E-state index contributed by atoms with van der Waals surface area (Å²) in [5, 5.41) is 0. The first-order chi connectivity index (χ1) is 10.0. The summed E-state index contributed by atoms with van der Waals surface area (Å²) in [5.41, 5.74) is 4.69. The van der Waals surface area contributed by atoms with E-state index in [4.69, 9.17) is 0 Å². The number of carbonyl (C=O) groups is 1. The van der Waals surface area contributed by atoms with E-state index in [1.54, 1.807) is 0 Å². The molecule has 0 bridgehead atoms. The van der Waals surface area contributed by atoms with Gasteiger partial charge in [-0.05, 0) is 44.3 Å². The number of benzene rings is 1. The van der Waals surface area contributed by atoms with E-state index in [0.29, 0.717) is 13.0 Å². The van der Waals surface area contributed by atoms with Gasteiger partial charge in [0, 0.05) is 30.8 Å². The SMILES string of the molecule is Cc1ccc(CC(=O)N2CCc3[nH]c(Br)c(Br)c3C2)cc1. The van der Waals surface area contributed by atoms with Crippen LogP contribution in [0, 0.1) is 6.92 Å². The minimum absolute atomic E-state index is 0.189. The molecule has 0 unspecified atom stereocenters. The van der Waals surface area contributed by atoms with E-state index < -0.39 is 0 Å². The van der Waals surface area contributed by atoms with Gasteiger partial charge in [0.1, 0.15) is 0 Å². The highest BCUT2D eigenvalue weighted by atomic mass is 79.9. The predicted octanol–water partition coefficient (Wildman–Crippen LogP) is 3.98. The van der Waals surface area contributed by atoms with Crippen LogP contribution in [0.5, 0.6) is 0 Å². The summed E-state index contributed by atoms with van der Waals surface area (Å²) in [6.07, 6.45) is 1.35. The van der Waals surface area contributed by atoms with Crippen LogP contribution in [0.25, 0.3) is 0 Å². The van der Waals surface area contributed by atoms with Crippen LogP contribution in [0.2, 0.25) is 0 Å². The second-order valence-electron chi connectivity index (χ2n) is 5.44. The molecule has 0 saturated heterocycles. The quantitative estimate of drug-likeness (QED) is 0.797. The molecule has 5 heteroatoms. The molecular weight excluding hydrogens is 396 g/mol. The third kappa shape index (κ3) is 3.09. The topological polar surface area (TPSA) is 36.1 Å². The average Bonchev–Trinajstić information content (AvgIpc) is 2.76. The van der Waals surface area contributed by atoms with Gasteiger partial charge in [0.25, 0.3) is 0 Å². The van der Waals surface area contributed by atoms with Crippen LogP contribution in [-0.4, -0.2) is 22.3 Å². The van der Waals surface area contributed by atoms with E-state index in [1.165, 1.54) is 16.8 Å². The second-order valence-corrected chi connectivity index (χ2v) is 7.02. The van der Waals surface area contributed by atoms with Crippen molar-refractivity contribution in [1.29, 1.82) is 0 Å². The molecule has 1 aromatic carbocycles. The average molecular weight is 412 g/mol. The lowest BCUT2D eigenvalue weighted by Crippen LogP contribution is -2.36. The van der Waals surface area contributed by atoms with Gasteiger partial charge in [-0.1, -0.05) is 29.8 Å². The second kappa shape index (κ2) is 5.97. The van der Waals surface area contributed by atoms with Crippen molar-refractivity contribution < 1.29 is 4.79 Å². The fourth-order valence-corrected chi connectivity index (χ4v) is 3.57. The highest BCUT2D eigenvalue weighted by molar-refractivity contribution is 9.13. The van der Waals surface area contributed by atoms with Crippen molar-refractivity contribution in [3.8, 4) is 0 Å². The largest absolute Gasteiger partial charge is 0.352 e. The summed E-state index contributed by atoms with van der Waals surface area (Å²) in [4.78, 5) is 17.7. The van der Waals surface area contributed by atoms with Gasteiger partial charge in [-0.2, -0.15) is 0 Å². The third-order valence-corrected chi connectivity index (χ3v) is 5.89. The first-order valence-electron chi connectivity index (χ1n) is 6.92. The number of fused-ring (bicyclic) bond motifs is 1. The van der Waals surface area contributed by atoms with Gasteiger partial charge < -0.3 is 9.88 Å². The van der Waals surface area contributed by atoms with E-state index in [9.17, 15) is 4.79 Å². The minimum Gasteiger partial charge on any atom is -0.352 e. The van der Waals surface area contributed by atoms with Crippen molar-refractivity contribution in [2.24, 2.45) is 0 Å². The van der Waals surface area contributed by atoms with Crippen molar-refractivity contribution in [3.63, 3.8) is 0 Å². The summed E-state index contributed by atoms with van der Waals surface area (Å²) < 4.78 is 1.99. The van der Waals surface area contributed by atoms with Gasteiger partial charge in [-0.25, -0.2) is 0 Å². The van der Waals surface area contributed by atoms with Gasteiger partial charge in [-0.15, -0.1) is 0 Å². The van der Waals surface area contributed by atoms with E-state index in [1.807, 2.05) is 17.0 Å². The van der Waals surface area contributed by atoms with Crippen LogP contribution in [0.15, 0.2) is 33.3 Å². The summed E-state index contributed by atoms with van der Waals surface area (Å²) in [5.74, 6) is 0.189. The molecule has 3 nitrogen and oxygen atoms in total. The summed E-state index contributed by atoms with van der Waals surface area (Å²) >= 11 is 7.06. The number of rotatable bonds is 2. The van der Waals surface area contributed by atoms with E-state index in [2.05, 4.69) is 55.9 Å². The number of nitrogens with zero attached hydrogens (tertiary/aromatic N) is 1. The minimum atomic E-state index is 0.189. The van der Waals surface area contributed by atoms with Gasteiger partial charge >= 0.3 is 0 Å². The lowest BCUT2D eigenvalue weighted by Gasteiger charge is -2.27. The molecule has 0 aliphatic carbocycles. The molecule has 0 atom stereocenters. The Hall–Kier alpha value is -1.07. The molecule has 0 spiro atoms. The number of halogens is 2. The summed E-state index contributed by atoms with van der Waals surface area (Å²) in [7, 11) is 0. The van der Waals surface area contributed by atoms with Gasteiger partial charge in [-0.3, -0.25) is 4.79 Å². The van der Waals surface area contributed by atoms with Crippen LogP contribution in [0.4, 0.5) is 0 Å². The van der Waals surface area contributed by atoms with E-state index in [-0.39, 0.29) is 5.91 Å². The first kappa shape index (κ1) is 14.9. The Kier molecular flexibility index (Phi) is 4.22. The molecule has 1 amide bonds. The Morgan fingerprint density at radius 1 is 1.29 bits per heavy atom. The van der Waals surface area contributed by atoms with Crippen LogP contribution >= 0.6 is 31.9 Å². The van der Waals surface area contributed by atoms with E-state index in [0.717, 1.165) is 27.6 Å². The molecular formula is C16H16Br2N2O. The predicted molar refractivity (Wildman–Crippen MR) is 90.2 cm³/mol. The Balaban J connectivity index is 1.72. The molecule has 1 aromatic heterocycles. The zero-order valence-corrected chi connectivity index (χ0v) is 14.9. The van der Waals surface area contributed by atoms with Gasteiger partial charge in [0.05, 0.1) is 15.5 Å². The Bertz CT molecular complexity index is 676. The van der Waals surface area contributed by atoms with Crippen LogP contribution in [0.1, 0.15) is 22.4 Å². The molecule has 1 aliphatic heterocycles. The number of carbonyl (C=O) groups excluding carboxylic acids is 1. The molecule has 0 radical (unpaired) electrons. The van der Waals surface area contributed by atoms with E-state index >= 15 is 0 Å². The molecule has 1 N–H and O–H groups in total. The number of amides is 1. The van der Waals surface area contributed by atoms with Crippen LogP contribution in [0.3, 0.4) is 0 Å². The lowest BCUT2D eigenvalue weighted by atomic mass is 10.1. The molecule has 3 rings (SSSR count). The van der Waals surface area contributed by atoms with Crippen molar-refractivity contribution in [3.05, 3.63) is 55.7 Å². The highest BCUT2D eigenvalue weighted by Gasteiger charge is 2.25.